The van der Waals surface area contributed by atoms with E-state index in [1.54, 1.807) is 14.2 Å². The summed E-state index contributed by atoms with van der Waals surface area (Å²) in [6, 6.07) is 11.5. The molecule has 2 aromatic rings. The quantitative estimate of drug-likeness (QED) is 0.740. The normalized spacial score (nSPS) is 11.7. The second kappa shape index (κ2) is 8.87. The lowest BCUT2D eigenvalue weighted by atomic mass is 10.1. The van der Waals surface area contributed by atoms with Crippen molar-refractivity contribution >= 4 is 27.5 Å². The van der Waals surface area contributed by atoms with Crippen molar-refractivity contribution in [3.8, 4) is 11.5 Å². The van der Waals surface area contributed by atoms with E-state index in [-0.39, 0.29) is 5.91 Å². The summed E-state index contributed by atoms with van der Waals surface area (Å²) >= 11 is 3.43. The summed E-state index contributed by atoms with van der Waals surface area (Å²) in [6.07, 6.45) is 0. The van der Waals surface area contributed by atoms with Gasteiger partial charge in [-0.1, -0.05) is 15.9 Å². The number of amides is 1. The van der Waals surface area contributed by atoms with Crippen LogP contribution in [0.25, 0.3) is 0 Å². The largest absolute Gasteiger partial charge is 0.497 e. The molecule has 0 radical (unpaired) electrons. The van der Waals surface area contributed by atoms with Crippen molar-refractivity contribution in [2.45, 2.75) is 13.5 Å². The minimum atomic E-state index is -0.0233. The van der Waals surface area contributed by atoms with Crippen molar-refractivity contribution in [1.29, 1.82) is 0 Å². The number of methoxy groups -OCH3 is 2. The van der Waals surface area contributed by atoms with Gasteiger partial charge in [0.2, 0.25) is 0 Å². The number of aryl methyl sites for hydroxylation is 1. The first-order valence-corrected chi connectivity index (χ1v) is 8.80. The predicted octanol–water partition coefficient (Wildman–Crippen LogP) is 2.43. The monoisotopic (exact) mass is 407 g/mol. The molecule has 1 unspecified atom stereocenters. The van der Waals surface area contributed by atoms with Gasteiger partial charge in [0, 0.05) is 10.2 Å². The number of carbonyl (C=O) groups is 1. The number of quaternary nitrogens is 1. The standard InChI is InChI=1S/C19H23BrN2O3/c1-13-9-15(20)5-7-17(13)21-19(23)12-22(2)11-14-10-16(24-3)6-8-18(14)25-4/h5-10H,11-12H2,1-4H3,(H,21,23)/p+1. The summed E-state index contributed by atoms with van der Waals surface area (Å²) in [6.45, 7) is 2.99. The molecular formula is C19H24BrN2O3+. The van der Waals surface area contributed by atoms with Crippen LogP contribution in [0.2, 0.25) is 0 Å². The van der Waals surface area contributed by atoms with E-state index < -0.39 is 0 Å². The van der Waals surface area contributed by atoms with Gasteiger partial charge in [-0.25, -0.2) is 0 Å². The molecule has 0 fully saturated rings. The summed E-state index contributed by atoms with van der Waals surface area (Å²) in [5, 5.41) is 2.97. The van der Waals surface area contributed by atoms with Crippen molar-refractivity contribution in [2.75, 3.05) is 33.1 Å². The second-order valence-electron chi connectivity index (χ2n) is 6.00. The van der Waals surface area contributed by atoms with Crippen LogP contribution in [0.5, 0.6) is 11.5 Å². The number of rotatable bonds is 7. The number of hydrogen-bond acceptors (Lipinski definition) is 3. The van der Waals surface area contributed by atoms with Gasteiger partial charge in [0.1, 0.15) is 18.0 Å². The minimum Gasteiger partial charge on any atom is -0.497 e. The van der Waals surface area contributed by atoms with Crippen LogP contribution in [0.3, 0.4) is 0 Å². The first-order chi connectivity index (χ1) is 11.9. The Balaban J connectivity index is 1.99. The molecule has 0 spiro atoms. The molecule has 6 heteroatoms. The fourth-order valence-electron chi connectivity index (χ4n) is 2.64. The highest BCUT2D eigenvalue weighted by Crippen LogP contribution is 2.23. The van der Waals surface area contributed by atoms with Crippen molar-refractivity contribution in [3.05, 3.63) is 52.0 Å². The zero-order valence-corrected chi connectivity index (χ0v) is 16.6. The molecule has 0 aliphatic heterocycles. The molecule has 0 aliphatic carbocycles. The molecule has 134 valence electrons. The maximum atomic E-state index is 12.3. The van der Waals surface area contributed by atoms with Crippen LogP contribution in [0.15, 0.2) is 40.9 Å². The zero-order valence-electron chi connectivity index (χ0n) is 15.0. The number of ether oxygens (including phenoxy) is 2. The van der Waals surface area contributed by atoms with Crippen LogP contribution in [-0.2, 0) is 11.3 Å². The highest BCUT2D eigenvalue weighted by molar-refractivity contribution is 9.10. The first-order valence-electron chi connectivity index (χ1n) is 8.01. The predicted molar refractivity (Wildman–Crippen MR) is 103 cm³/mol. The fraction of sp³-hybridized carbons (Fsp3) is 0.316. The molecule has 0 saturated heterocycles. The molecule has 5 nitrogen and oxygen atoms in total. The van der Waals surface area contributed by atoms with Gasteiger partial charge in [0.25, 0.3) is 5.91 Å². The van der Waals surface area contributed by atoms with Crippen LogP contribution in [-0.4, -0.2) is 33.7 Å². The Morgan fingerprint density at radius 1 is 1.16 bits per heavy atom. The molecule has 25 heavy (non-hydrogen) atoms. The van der Waals surface area contributed by atoms with Gasteiger partial charge in [0.15, 0.2) is 6.54 Å². The van der Waals surface area contributed by atoms with E-state index in [2.05, 4.69) is 21.2 Å². The number of benzene rings is 2. The Hall–Kier alpha value is -2.05. The van der Waals surface area contributed by atoms with E-state index in [1.165, 1.54) is 0 Å². The second-order valence-corrected chi connectivity index (χ2v) is 6.91. The topological polar surface area (TPSA) is 52.0 Å². The van der Waals surface area contributed by atoms with Crippen molar-refractivity contribution in [3.63, 3.8) is 0 Å². The molecule has 1 amide bonds. The van der Waals surface area contributed by atoms with E-state index in [1.807, 2.05) is 50.4 Å². The number of hydrogen-bond donors (Lipinski definition) is 2. The average Bonchev–Trinajstić information content (AvgIpc) is 2.57. The minimum absolute atomic E-state index is 0.0233. The molecule has 2 N–H and O–H groups in total. The van der Waals surface area contributed by atoms with Crippen LogP contribution >= 0.6 is 15.9 Å². The Labute approximate surface area is 157 Å². The summed E-state index contributed by atoms with van der Waals surface area (Å²) in [7, 11) is 5.26. The van der Waals surface area contributed by atoms with Crippen LogP contribution < -0.4 is 19.7 Å². The zero-order chi connectivity index (χ0) is 18.4. The molecule has 0 aliphatic rings. The van der Waals surface area contributed by atoms with Crippen LogP contribution in [0.1, 0.15) is 11.1 Å². The third-order valence-corrected chi connectivity index (χ3v) is 4.40. The molecule has 2 rings (SSSR count). The van der Waals surface area contributed by atoms with Gasteiger partial charge < -0.3 is 19.7 Å². The summed E-state index contributed by atoms with van der Waals surface area (Å²) in [5.74, 6) is 1.55. The average molecular weight is 408 g/mol. The number of likely N-dealkylation sites (N-methyl/N-ethyl adjacent to an activating group) is 1. The van der Waals surface area contributed by atoms with E-state index in [9.17, 15) is 4.79 Å². The lowest BCUT2D eigenvalue weighted by Gasteiger charge is -2.17. The van der Waals surface area contributed by atoms with Gasteiger partial charge in [-0.05, 0) is 48.9 Å². The molecule has 0 saturated carbocycles. The van der Waals surface area contributed by atoms with Crippen molar-refractivity contribution in [2.24, 2.45) is 0 Å². The van der Waals surface area contributed by atoms with E-state index in [4.69, 9.17) is 9.47 Å². The smallest absolute Gasteiger partial charge is 0.279 e. The molecular weight excluding hydrogens is 384 g/mol. The third-order valence-electron chi connectivity index (χ3n) is 3.90. The van der Waals surface area contributed by atoms with E-state index in [0.29, 0.717) is 13.1 Å². The highest BCUT2D eigenvalue weighted by Gasteiger charge is 2.15. The number of nitrogens with one attached hydrogen (secondary N) is 2. The third kappa shape index (κ3) is 5.47. The van der Waals surface area contributed by atoms with Gasteiger partial charge in [0.05, 0.1) is 26.8 Å². The fourth-order valence-corrected chi connectivity index (χ4v) is 3.12. The number of anilines is 1. The maximum absolute atomic E-state index is 12.3. The van der Waals surface area contributed by atoms with E-state index >= 15 is 0 Å². The van der Waals surface area contributed by atoms with Gasteiger partial charge in [-0.15, -0.1) is 0 Å². The van der Waals surface area contributed by atoms with Crippen LogP contribution in [0.4, 0.5) is 5.69 Å². The van der Waals surface area contributed by atoms with Crippen LogP contribution in [0, 0.1) is 6.92 Å². The Bertz CT molecular complexity index is 749. The molecule has 0 heterocycles. The first kappa shape index (κ1) is 19.3. The highest BCUT2D eigenvalue weighted by atomic mass is 79.9. The Kier molecular flexibility index (Phi) is 6.84. The molecule has 0 bridgehead atoms. The molecule has 2 aromatic carbocycles. The van der Waals surface area contributed by atoms with Gasteiger partial charge in [-0.2, -0.15) is 0 Å². The maximum Gasteiger partial charge on any atom is 0.279 e. The lowest BCUT2D eigenvalue weighted by molar-refractivity contribution is -0.885. The van der Waals surface area contributed by atoms with E-state index in [0.717, 1.165) is 37.7 Å². The number of carbonyl (C=O) groups excluding carboxylic acids is 1. The summed E-state index contributed by atoms with van der Waals surface area (Å²) in [5.41, 5.74) is 2.86. The Morgan fingerprint density at radius 3 is 2.56 bits per heavy atom. The van der Waals surface area contributed by atoms with Gasteiger partial charge in [-0.3, -0.25) is 4.79 Å². The van der Waals surface area contributed by atoms with Gasteiger partial charge >= 0.3 is 0 Å². The van der Waals surface area contributed by atoms with Crippen molar-refractivity contribution < 1.29 is 19.2 Å². The number of halogens is 1. The Morgan fingerprint density at radius 2 is 1.92 bits per heavy atom. The molecule has 1 atom stereocenters. The summed E-state index contributed by atoms with van der Waals surface area (Å²) in [4.78, 5) is 13.4. The summed E-state index contributed by atoms with van der Waals surface area (Å²) < 4.78 is 11.7. The molecule has 0 aromatic heterocycles. The van der Waals surface area contributed by atoms with Crippen molar-refractivity contribution in [1.82, 2.24) is 0 Å². The lowest BCUT2D eigenvalue weighted by Crippen LogP contribution is -3.08. The SMILES string of the molecule is COc1ccc(OC)c(C[NH+](C)CC(=O)Nc2ccc(Br)cc2C)c1.